The summed E-state index contributed by atoms with van der Waals surface area (Å²) in [6, 6.07) is 7.75. The summed E-state index contributed by atoms with van der Waals surface area (Å²) in [6.07, 6.45) is 1.21. The smallest absolute Gasteiger partial charge is 0.249 e. The second-order valence-corrected chi connectivity index (χ2v) is 6.59. The Morgan fingerprint density at radius 1 is 1.23 bits per heavy atom. The molecule has 0 aromatic heterocycles. The molecule has 5 heteroatoms. The van der Waals surface area contributed by atoms with E-state index in [4.69, 9.17) is 4.74 Å². The third-order valence-corrected chi connectivity index (χ3v) is 3.68. The molecule has 2 rings (SSSR count). The minimum Gasteiger partial charge on any atom is -0.368 e. The highest BCUT2D eigenvalue weighted by Gasteiger charge is 2.23. The molecule has 1 aromatic rings. The molecule has 1 aliphatic rings. The summed E-state index contributed by atoms with van der Waals surface area (Å²) in [4.78, 5) is 23.6. The first kappa shape index (κ1) is 16.5. The second-order valence-electron chi connectivity index (χ2n) is 6.59. The summed E-state index contributed by atoms with van der Waals surface area (Å²) in [5, 5.41) is 5.38. The Hall–Kier alpha value is -1.88. The third-order valence-electron chi connectivity index (χ3n) is 3.68. The maximum Gasteiger partial charge on any atom is 0.249 e. The Labute approximate surface area is 131 Å². The molecule has 5 nitrogen and oxygen atoms in total. The Morgan fingerprint density at radius 2 is 1.91 bits per heavy atom. The van der Waals surface area contributed by atoms with Crippen LogP contribution < -0.4 is 10.6 Å². The van der Waals surface area contributed by atoms with Gasteiger partial charge in [-0.3, -0.25) is 9.59 Å². The van der Waals surface area contributed by atoms with Crippen LogP contribution in [0, 0.1) is 0 Å². The fourth-order valence-corrected chi connectivity index (χ4v) is 2.32. The van der Waals surface area contributed by atoms with E-state index >= 15 is 0 Å². The molecule has 120 valence electrons. The normalized spacial score (nSPS) is 18.0. The van der Waals surface area contributed by atoms with Gasteiger partial charge in [0.15, 0.2) is 0 Å². The van der Waals surface area contributed by atoms with Crippen molar-refractivity contribution >= 4 is 17.5 Å². The van der Waals surface area contributed by atoms with E-state index in [9.17, 15) is 9.59 Å². The average molecular weight is 304 g/mol. The van der Waals surface area contributed by atoms with Crippen LogP contribution in [0.5, 0.6) is 0 Å². The zero-order chi connectivity index (χ0) is 16.2. The monoisotopic (exact) mass is 304 g/mol. The number of carbonyl (C=O) groups excluding carboxylic acids is 2. The van der Waals surface area contributed by atoms with Crippen LogP contribution in [0.15, 0.2) is 24.3 Å². The van der Waals surface area contributed by atoms with Crippen molar-refractivity contribution in [3.05, 3.63) is 29.8 Å². The van der Waals surface area contributed by atoms with Gasteiger partial charge in [0.1, 0.15) is 6.10 Å². The van der Waals surface area contributed by atoms with Gasteiger partial charge in [-0.2, -0.15) is 0 Å². The molecular weight excluding hydrogens is 280 g/mol. The van der Waals surface area contributed by atoms with Crippen molar-refractivity contribution in [3.63, 3.8) is 0 Å². The van der Waals surface area contributed by atoms with E-state index in [2.05, 4.69) is 31.4 Å². The number of hydrogen-bond acceptors (Lipinski definition) is 3. The Balaban J connectivity index is 1.80. The van der Waals surface area contributed by atoms with Gasteiger partial charge in [-0.25, -0.2) is 0 Å². The van der Waals surface area contributed by atoms with E-state index in [1.165, 1.54) is 5.56 Å². The number of hydrogen-bond donors (Lipinski definition) is 2. The number of nitrogens with one attached hydrogen (secondary N) is 2. The standard InChI is InChI=1S/C17H24N2O3/c1-17(2,3)12-6-8-13(9-7-12)19-15(20)11-18-16(21)14-5-4-10-22-14/h6-9,14H,4-5,10-11H2,1-3H3,(H,18,21)(H,19,20). The first-order valence-corrected chi connectivity index (χ1v) is 7.66. The number of amides is 2. The van der Waals surface area contributed by atoms with Gasteiger partial charge in [-0.15, -0.1) is 0 Å². The topological polar surface area (TPSA) is 67.4 Å². The van der Waals surface area contributed by atoms with Crippen molar-refractivity contribution in [2.45, 2.75) is 45.1 Å². The molecule has 0 saturated carbocycles. The van der Waals surface area contributed by atoms with Crippen LogP contribution in [0.25, 0.3) is 0 Å². The lowest BCUT2D eigenvalue weighted by Crippen LogP contribution is -2.39. The molecule has 1 aromatic carbocycles. The van der Waals surface area contributed by atoms with E-state index in [0.717, 1.165) is 18.5 Å². The van der Waals surface area contributed by atoms with Crippen molar-refractivity contribution in [3.8, 4) is 0 Å². The number of anilines is 1. The quantitative estimate of drug-likeness (QED) is 0.896. The molecule has 22 heavy (non-hydrogen) atoms. The SMILES string of the molecule is CC(C)(C)c1ccc(NC(=O)CNC(=O)C2CCCO2)cc1. The number of carbonyl (C=O) groups is 2. The molecule has 1 saturated heterocycles. The molecule has 2 N–H and O–H groups in total. The number of benzene rings is 1. The minimum atomic E-state index is -0.404. The van der Waals surface area contributed by atoms with Gasteiger partial charge in [0, 0.05) is 12.3 Å². The van der Waals surface area contributed by atoms with Crippen LogP contribution in [-0.2, 0) is 19.7 Å². The van der Waals surface area contributed by atoms with E-state index in [-0.39, 0.29) is 23.8 Å². The predicted molar refractivity (Wildman–Crippen MR) is 85.8 cm³/mol. The summed E-state index contributed by atoms with van der Waals surface area (Å²) in [7, 11) is 0. The highest BCUT2D eigenvalue weighted by molar-refractivity contribution is 5.95. The fraction of sp³-hybridized carbons (Fsp3) is 0.529. The van der Waals surface area contributed by atoms with Crippen LogP contribution in [-0.4, -0.2) is 31.1 Å². The van der Waals surface area contributed by atoms with Crippen molar-refractivity contribution in [1.29, 1.82) is 0 Å². The second kappa shape index (κ2) is 6.92. The summed E-state index contributed by atoms with van der Waals surface area (Å²) >= 11 is 0. The third kappa shape index (κ3) is 4.56. The molecule has 1 atom stereocenters. The van der Waals surface area contributed by atoms with Crippen LogP contribution >= 0.6 is 0 Å². The lowest BCUT2D eigenvalue weighted by Gasteiger charge is -2.19. The summed E-state index contributed by atoms with van der Waals surface area (Å²) in [6.45, 7) is 6.99. The first-order chi connectivity index (χ1) is 10.4. The van der Waals surface area contributed by atoms with Gasteiger partial charge in [-0.05, 0) is 36.0 Å². The molecule has 1 heterocycles. The van der Waals surface area contributed by atoms with Gasteiger partial charge >= 0.3 is 0 Å². The van der Waals surface area contributed by atoms with E-state index < -0.39 is 6.10 Å². The molecule has 1 fully saturated rings. The van der Waals surface area contributed by atoms with Gasteiger partial charge in [0.2, 0.25) is 11.8 Å². The minimum absolute atomic E-state index is 0.0419. The maximum absolute atomic E-state index is 11.8. The molecule has 1 unspecified atom stereocenters. The van der Waals surface area contributed by atoms with E-state index in [0.29, 0.717) is 6.61 Å². The number of ether oxygens (including phenoxy) is 1. The van der Waals surface area contributed by atoms with Crippen LogP contribution in [0.3, 0.4) is 0 Å². The molecular formula is C17H24N2O3. The van der Waals surface area contributed by atoms with Gasteiger partial charge in [0.25, 0.3) is 0 Å². The largest absolute Gasteiger partial charge is 0.368 e. The van der Waals surface area contributed by atoms with E-state index in [1.54, 1.807) is 0 Å². The van der Waals surface area contributed by atoms with Gasteiger partial charge in [-0.1, -0.05) is 32.9 Å². The zero-order valence-electron chi connectivity index (χ0n) is 13.4. The van der Waals surface area contributed by atoms with Gasteiger partial charge < -0.3 is 15.4 Å². The summed E-state index contributed by atoms with van der Waals surface area (Å²) < 4.78 is 5.27. The predicted octanol–water partition coefficient (Wildman–Crippen LogP) is 2.22. The van der Waals surface area contributed by atoms with Crippen molar-refractivity contribution < 1.29 is 14.3 Å². The molecule has 0 bridgehead atoms. The Kier molecular flexibility index (Phi) is 5.19. The first-order valence-electron chi connectivity index (χ1n) is 7.66. The maximum atomic E-state index is 11.8. The van der Waals surface area contributed by atoms with Crippen LogP contribution in [0.2, 0.25) is 0 Å². The lowest BCUT2D eigenvalue weighted by atomic mass is 9.87. The lowest BCUT2D eigenvalue weighted by molar-refractivity contribution is -0.131. The van der Waals surface area contributed by atoms with Crippen molar-refractivity contribution in [2.24, 2.45) is 0 Å². The molecule has 0 spiro atoms. The number of rotatable bonds is 4. The molecule has 0 aliphatic carbocycles. The highest BCUT2D eigenvalue weighted by atomic mass is 16.5. The molecule has 1 aliphatic heterocycles. The average Bonchev–Trinajstić information content (AvgIpc) is 2.98. The van der Waals surface area contributed by atoms with Crippen molar-refractivity contribution in [2.75, 3.05) is 18.5 Å². The van der Waals surface area contributed by atoms with Gasteiger partial charge in [0.05, 0.1) is 6.54 Å². The van der Waals surface area contributed by atoms with E-state index in [1.807, 2.05) is 24.3 Å². The zero-order valence-corrected chi connectivity index (χ0v) is 13.4. The van der Waals surface area contributed by atoms with Crippen LogP contribution in [0.1, 0.15) is 39.2 Å². The fourth-order valence-electron chi connectivity index (χ4n) is 2.32. The Bertz CT molecular complexity index is 526. The summed E-state index contributed by atoms with van der Waals surface area (Å²) in [5.74, 6) is -0.453. The Morgan fingerprint density at radius 3 is 2.45 bits per heavy atom. The summed E-state index contributed by atoms with van der Waals surface area (Å²) in [5.41, 5.74) is 2.01. The molecule has 2 amide bonds. The van der Waals surface area contributed by atoms with Crippen LogP contribution in [0.4, 0.5) is 5.69 Å². The molecule has 0 radical (unpaired) electrons. The highest BCUT2D eigenvalue weighted by Crippen LogP contribution is 2.23. The van der Waals surface area contributed by atoms with Crippen molar-refractivity contribution in [1.82, 2.24) is 5.32 Å².